The normalized spacial score (nSPS) is 11.4. The first-order chi connectivity index (χ1) is 8.83. The molecule has 0 spiro atoms. The van der Waals surface area contributed by atoms with Crippen LogP contribution in [0, 0.1) is 6.92 Å². The summed E-state index contributed by atoms with van der Waals surface area (Å²) in [5.41, 5.74) is 0.952. The van der Waals surface area contributed by atoms with Crippen LogP contribution in [0.15, 0.2) is 28.9 Å². The number of anilines is 2. The van der Waals surface area contributed by atoms with Crippen LogP contribution in [0.4, 0.5) is 24.8 Å². The van der Waals surface area contributed by atoms with E-state index in [1.54, 1.807) is 19.2 Å². The molecule has 2 N–H and O–H groups in total. The first-order valence-corrected chi connectivity index (χ1v) is 5.97. The highest BCUT2D eigenvalue weighted by Crippen LogP contribution is 2.34. The van der Waals surface area contributed by atoms with Crippen molar-refractivity contribution in [2.24, 2.45) is 0 Å². The van der Waals surface area contributed by atoms with Crippen LogP contribution >= 0.6 is 15.9 Å². The molecular weight excluding hydrogens is 327 g/mol. The number of aromatic amines is 1. The molecule has 8 heteroatoms. The predicted octanol–water partition coefficient (Wildman–Crippen LogP) is 4.12. The molecule has 0 amide bonds. The molecule has 0 saturated carbocycles. The van der Waals surface area contributed by atoms with Crippen molar-refractivity contribution in [1.82, 2.24) is 9.97 Å². The van der Waals surface area contributed by atoms with Crippen molar-refractivity contribution in [2.45, 2.75) is 13.3 Å². The molecule has 1 heterocycles. The summed E-state index contributed by atoms with van der Waals surface area (Å²) in [7, 11) is 0. The fourth-order valence-electron chi connectivity index (χ4n) is 1.41. The van der Waals surface area contributed by atoms with E-state index in [4.69, 9.17) is 0 Å². The van der Waals surface area contributed by atoms with Crippen LogP contribution in [0.5, 0.6) is 5.75 Å². The van der Waals surface area contributed by atoms with Crippen molar-refractivity contribution in [1.29, 1.82) is 0 Å². The summed E-state index contributed by atoms with van der Waals surface area (Å²) >= 11 is 3.09. The molecule has 2 rings (SSSR count). The second-order valence-electron chi connectivity index (χ2n) is 3.73. The number of rotatable bonds is 3. The van der Waals surface area contributed by atoms with Crippen molar-refractivity contribution in [3.05, 3.63) is 34.6 Å². The Hall–Kier alpha value is -1.70. The Morgan fingerprint density at radius 3 is 2.68 bits per heavy atom. The molecule has 1 aromatic carbocycles. The second-order valence-corrected chi connectivity index (χ2v) is 4.64. The van der Waals surface area contributed by atoms with Crippen LogP contribution in [-0.4, -0.2) is 16.3 Å². The minimum Gasteiger partial charge on any atom is -0.404 e. The lowest BCUT2D eigenvalue weighted by molar-refractivity contribution is -0.274. The van der Waals surface area contributed by atoms with Gasteiger partial charge in [0.2, 0.25) is 5.95 Å². The van der Waals surface area contributed by atoms with E-state index in [0.29, 0.717) is 10.4 Å². The Labute approximate surface area is 115 Å². The fourth-order valence-corrected chi connectivity index (χ4v) is 1.75. The highest BCUT2D eigenvalue weighted by Gasteiger charge is 2.32. The minimum atomic E-state index is -4.75. The molecule has 0 fully saturated rings. The molecule has 0 radical (unpaired) electrons. The lowest BCUT2D eigenvalue weighted by Crippen LogP contribution is -2.18. The van der Waals surface area contributed by atoms with Gasteiger partial charge in [0.1, 0.15) is 0 Å². The summed E-state index contributed by atoms with van der Waals surface area (Å²) < 4.78 is 41.4. The molecule has 0 aliphatic rings. The molecule has 0 aliphatic carbocycles. The van der Waals surface area contributed by atoms with Crippen LogP contribution in [-0.2, 0) is 0 Å². The summed E-state index contributed by atoms with van der Waals surface area (Å²) in [6.07, 6.45) is -3.19. The number of ether oxygens (including phenoxy) is 1. The number of hydrogen-bond donors (Lipinski definition) is 2. The molecular formula is C11H9BrF3N3O. The molecule has 102 valence electrons. The van der Waals surface area contributed by atoms with Gasteiger partial charge < -0.3 is 15.0 Å². The lowest BCUT2D eigenvalue weighted by atomic mass is 10.3. The maximum Gasteiger partial charge on any atom is 0.573 e. The van der Waals surface area contributed by atoms with Crippen molar-refractivity contribution >= 4 is 27.6 Å². The highest BCUT2D eigenvalue weighted by atomic mass is 79.9. The summed E-state index contributed by atoms with van der Waals surface area (Å²) in [6.45, 7) is 1.78. The lowest BCUT2D eigenvalue weighted by Gasteiger charge is -2.13. The first kappa shape index (κ1) is 13.7. The summed E-state index contributed by atoms with van der Waals surface area (Å²) in [4.78, 5) is 6.81. The van der Waals surface area contributed by atoms with E-state index >= 15 is 0 Å². The first-order valence-electron chi connectivity index (χ1n) is 5.17. The molecule has 0 saturated heterocycles. The van der Waals surface area contributed by atoms with Crippen LogP contribution < -0.4 is 10.1 Å². The second kappa shape index (κ2) is 5.12. The molecule has 19 heavy (non-hydrogen) atoms. The third-order valence-electron chi connectivity index (χ3n) is 2.13. The standard InChI is InChI=1S/C11H9BrF3N3O/c1-6-5-16-10(17-6)18-8-3-2-7(12)4-9(8)19-11(13,14)15/h2-5H,1H3,(H2,16,17,18). The molecule has 2 aromatic rings. The number of imidazole rings is 1. The van der Waals surface area contributed by atoms with E-state index in [0.717, 1.165) is 5.69 Å². The average Bonchev–Trinajstić information content (AvgIpc) is 2.66. The Kier molecular flexibility index (Phi) is 3.70. The average molecular weight is 336 g/mol. The van der Waals surface area contributed by atoms with Gasteiger partial charge in [0.05, 0.1) is 5.69 Å². The number of hydrogen-bond acceptors (Lipinski definition) is 3. The van der Waals surface area contributed by atoms with Crippen LogP contribution in [0.2, 0.25) is 0 Å². The zero-order chi connectivity index (χ0) is 14.0. The van der Waals surface area contributed by atoms with E-state index in [1.165, 1.54) is 12.1 Å². The van der Waals surface area contributed by atoms with E-state index < -0.39 is 6.36 Å². The van der Waals surface area contributed by atoms with Gasteiger partial charge in [-0.15, -0.1) is 13.2 Å². The van der Waals surface area contributed by atoms with E-state index in [2.05, 4.69) is 36.0 Å². The summed E-state index contributed by atoms with van der Waals surface area (Å²) in [5, 5.41) is 2.73. The Balaban J connectivity index is 2.28. The number of nitrogens with zero attached hydrogens (tertiary/aromatic N) is 1. The van der Waals surface area contributed by atoms with E-state index in [1.807, 2.05) is 0 Å². The van der Waals surface area contributed by atoms with Crippen LogP contribution in [0.3, 0.4) is 0 Å². The molecule has 1 aromatic heterocycles. The third kappa shape index (κ3) is 3.88. The van der Waals surface area contributed by atoms with Crippen molar-refractivity contribution in [3.8, 4) is 5.75 Å². The predicted molar refractivity (Wildman–Crippen MR) is 67.4 cm³/mol. The maximum atomic E-state index is 12.3. The zero-order valence-corrected chi connectivity index (χ0v) is 11.3. The molecule has 0 unspecified atom stereocenters. The number of alkyl halides is 3. The largest absolute Gasteiger partial charge is 0.573 e. The van der Waals surface area contributed by atoms with Crippen LogP contribution in [0.25, 0.3) is 0 Å². The quantitative estimate of drug-likeness (QED) is 0.886. The molecule has 0 atom stereocenters. The van der Waals surface area contributed by atoms with E-state index in [-0.39, 0.29) is 11.4 Å². The SMILES string of the molecule is Cc1cnc(Nc2ccc(Br)cc2OC(F)(F)F)[nH]1. The highest BCUT2D eigenvalue weighted by molar-refractivity contribution is 9.10. The van der Waals surface area contributed by atoms with Gasteiger partial charge in [0, 0.05) is 16.4 Å². The Morgan fingerprint density at radius 2 is 2.11 bits per heavy atom. The Bertz CT molecular complexity index is 583. The number of benzene rings is 1. The zero-order valence-electron chi connectivity index (χ0n) is 9.68. The fraction of sp³-hybridized carbons (Fsp3) is 0.182. The van der Waals surface area contributed by atoms with Crippen molar-refractivity contribution in [2.75, 3.05) is 5.32 Å². The van der Waals surface area contributed by atoms with Crippen molar-refractivity contribution < 1.29 is 17.9 Å². The van der Waals surface area contributed by atoms with Gasteiger partial charge in [-0.05, 0) is 25.1 Å². The number of aryl methyl sites for hydroxylation is 1. The smallest absolute Gasteiger partial charge is 0.404 e. The van der Waals surface area contributed by atoms with Gasteiger partial charge in [0.15, 0.2) is 5.75 Å². The van der Waals surface area contributed by atoms with Gasteiger partial charge in [0.25, 0.3) is 0 Å². The van der Waals surface area contributed by atoms with Crippen LogP contribution in [0.1, 0.15) is 5.69 Å². The number of H-pyrrole nitrogens is 1. The topological polar surface area (TPSA) is 49.9 Å². The van der Waals surface area contributed by atoms with Gasteiger partial charge in [-0.25, -0.2) is 4.98 Å². The monoisotopic (exact) mass is 335 g/mol. The number of halogens is 4. The van der Waals surface area contributed by atoms with Crippen molar-refractivity contribution in [3.63, 3.8) is 0 Å². The molecule has 0 bridgehead atoms. The third-order valence-corrected chi connectivity index (χ3v) is 2.62. The number of aromatic nitrogens is 2. The van der Waals surface area contributed by atoms with Gasteiger partial charge in [-0.1, -0.05) is 15.9 Å². The summed E-state index contributed by atoms with van der Waals surface area (Å²) in [6, 6.07) is 4.29. The maximum absolute atomic E-state index is 12.3. The molecule has 0 aliphatic heterocycles. The summed E-state index contributed by atoms with van der Waals surface area (Å²) in [5.74, 6) is 0.00257. The van der Waals surface area contributed by atoms with Gasteiger partial charge in [-0.3, -0.25) is 0 Å². The van der Waals surface area contributed by atoms with Gasteiger partial charge in [-0.2, -0.15) is 0 Å². The minimum absolute atomic E-state index is 0.162. The van der Waals surface area contributed by atoms with Gasteiger partial charge >= 0.3 is 6.36 Å². The van der Waals surface area contributed by atoms with E-state index in [9.17, 15) is 13.2 Å². The number of nitrogens with one attached hydrogen (secondary N) is 2. The molecule has 4 nitrogen and oxygen atoms in total. The Morgan fingerprint density at radius 1 is 1.37 bits per heavy atom.